The molecular formula is C14H15NO3. The summed E-state index contributed by atoms with van der Waals surface area (Å²) in [7, 11) is 0. The zero-order valence-corrected chi connectivity index (χ0v) is 10.1. The lowest BCUT2D eigenvalue weighted by Gasteiger charge is -2.09. The molecule has 0 aliphatic carbocycles. The molecule has 0 atom stereocenters. The van der Waals surface area contributed by atoms with Gasteiger partial charge in [0.2, 0.25) is 5.91 Å². The number of benzene rings is 2. The molecule has 4 heteroatoms. The van der Waals surface area contributed by atoms with Crippen molar-refractivity contribution in [3.05, 3.63) is 36.4 Å². The van der Waals surface area contributed by atoms with Gasteiger partial charge < -0.3 is 15.2 Å². The Morgan fingerprint density at radius 3 is 2.72 bits per heavy atom. The number of carbonyl (C=O) groups excluding carboxylic acids is 1. The molecule has 0 fully saturated rings. The Morgan fingerprint density at radius 1 is 1.22 bits per heavy atom. The van der Waals surface area contributed by atoms with E-state index in [0.29, 0.717) is 17.7 Å². The molecule has 0 saturated heterocycles. The Labute approximate surface area is 105 Å². The lowest BCUT2D eigenvalue weighted by molar-refractivity contribution is -0.120. The summed E-state index contributed by atoms with van der Waals surface area (Å²) in [5, 5.41) is 14.0. The maximum Gasteiger partial charge on any atom is 0.250 e. The van der Waals surface area contributed by atoms with Crippen LogP contribution in [0.25, 0.3) is 10.8 Å². The van der Waals surface area contributed by atoms with Crippen LogP contribution in [0.5, 0.6) is 5.75 Å². The second kappa shape index (κ2) is 5.51. The maximum atomic E-state index is 11.6. The summed E-state index contributed by atoms with van der Waals surface area (Å²) < 4.78 is 5.04. The molecule has 4 nitrogen and oxygen atoms in total. The van der Waals surface area contributed by atoms with E-state index in [1.54, 1.807) is 24.3 Å². The van der Waals surface area contributed by atoms with Crippen LogP contribution in [0.1, 0.15) is 6.92 Å². The average Bonchev–Trinajstić information content (AvgIpc) is 2.38. The van der Waals surface area contributed by atoms with Crippen LogP contribution in [0, 0.1) is 0 Å². The molecule has 0 aliphatic heterocycles. The highest BCUT2D eigenvalue weighted by molar-refractivity contribution is 6.04. The van der Waals surface area contributed by atoms with Crippen molar-refractivity contribution >= 4 is 22.4 Å². The molecule has 0 spiro atoms. The summed E-state index contributed by atoms with van der Waals surface area (Å²) in [4.78, 5) is 11.6. The highest BCUT2D eigenvalue weighted by Crippen LogP contribution is 2.29. The Balaban J connectivity index is 2.28. The van der Waals surface area contributed by atoms with Crippen LogP contribution in [0.3, 0.4) is 0 Å². The van der Waals surface area contributed by atoms with Crippen LogP contribution in [-0.4, -0.2) is 24.2 Å². The number of phenolic OH excluding ortho intramolecular Hbond substituents is 1. The predicted octanol–water partition coefficient (Wildman–Crippen LogP) is 2.52. The molecule has 0 saturated carbocycles. The van der Waals surface area contributed by atoms with Gasteiger partial charge in [-0.3, -0.25) is 4.79 Å². The highest BCUT2D eigenvalue weighted by atomic mass is 16.5. The summed E-state index contributed by atoms with van der Waals surface area (Å²) in [5.41, 5.74) is 0.674. The lowest BCUT2D eigenvalue weighted by Crippen LogP contribution is -2.18. The normalized spacial score (nSPS) is 10.5. The topological polar surface area (TPSA) is 58.6 Å². The van der Waals surface area contributed by atoms with Crippen molar-refractivity contribution in [1.82, 2.24) is 0 Å². The molecule has 0 aromatic heterocycles. The van der Waals surface area contributed by atoms with Gasteiger partial charge in [-0.15, -0.1) is 0 Å². The van der Waals surface area contributed by atoms with E-state index in [1.165, 1.54) is 0 Å². The summed E-state index contributed by atoms with van der Waals surface area (Å²) in [5.74, 6) is 0.00102. The second-order valence-corrected chi connectivity index (χ2v) is 3.86. The van der Waals surface area contributed by atoms with E-state index in [0.717, 1.165) is 5.39 Å². The van der Waals surface area contributed by atoms with E-state index in [-0.39, 0.29) is 18.3 Å². The number of hydrogen-bond donors (Lipinski definition) is 2. The number of amides is 1. The number of hydrogen-bond acceptors (Lipinski definition) is 3. The Bertz CT molecular complexity index is 566. The van der Waals surface area contributed by atoms with Crippen LogP contribution >= 0.6 is 0 Å². The van der Waals surface area contributed by atoms with E-state index < -0.39 is 0 Å². The van der Waals surface area contributed by atoms with Gasteiger partial charge in [-0.1, -0.05) is 24.3 Å². The van der Waals surface area contributed by atoms with Crippen molar-refractivity contribution in [2.24, 2.45) is 0 Å². The van der Waals surface area contributed by atoms with Gasteiger partial charge >= 0.3 is 0 Å². The van der Waals surface area contributed by atoms with Gasteiger partial charge in [0.05, 0.1) is 0 Å². The number of rotatable bonds is 4. The third-order valence-corrected chi connectivity index (χ3v) is 2.61. The molecule has 1 amide bonds. The molecule has 0 bridgehead atoms. The minimum atomic E-state index is -0.201. The second-order valence-electron chi connectivity index (χ2n) is 3.86. The third-order valence-electron chi connectivity index (χ3n) is 2.61. The van der Waals surface area contributed by atoms with Crippen molar-refractivity contribution in [3.63, 3.8) is 0 Å². The van der Waals surface area contributed by atoms with Crippen LogP contribution in [-0.2, 0) is 9.53 Å². The first-order valence-electron chi connectivity index (χ1n) is 5.80. The zero-order chi connectivity index (χ0) is 13.0. The molecule has 0 radical (unpaired) electrons. The smallest absolute Gasteiger partial charge is 0.250 e. The standard InChI is InChI=1S/C14H15NO3/c1-2-18-9-14(17)15-12-7-3-6-11-10(12)5-4-8-13(11)16/h3-8,16H,2,9H2,1H3,(H,15,17). The van der Waals surface area contributed by atoms with Crippen molar-refractivity contribution in [2.75, 3.05) is 18.5 Å². The van der Waals surface area contributed by atoms with Gasteiger partial charge in [-0.2, -0.15) is 0 Å². The molecule has 0 heterocycles. The Morgan fingerprint density at radius 2 is 1.94 bits per heavy atom. The number of aromatic hydroxyl groups is 1. The SMILES string of the molecule is CCOCC(=O)Nc1cccc2c(O)cccc12. The van der Waals surface area contributed by atoms with E-state index in [4.69, 9.17) is 4.74 Å². The number of carbonyl (C=O) groups is 1. The molecule has 2 aromatic carbocycles. The zero-order valence-electron chi connectivity index (χ0n) is 10.1. The van der Waals surface area contributed by atoms with Gasteiger partial charge in [0, 0.05) is 23.1 Å². The number of phenols is 1. The van der Waals surface area contributed by atoms with E-state index in [9.17, 15) is 9.90 Å². The number of ether oxygens (including phenoxy) is 1. The summed E-state index contributed by atoms with van der Waals surface area (Å²) in [6, 6.07) is 10.6. The predicted molar refractivity (Wildman–Crippen MR) is 70.7 cm³/mol. The maximum absolute atomic E-state index is 11.6. The number of fused-ring (bicyclic) bond motifs is 1. The monoisotopic (exact) mass is 245 g/mol. The van der Waals surface area contributed by atoms with E-state index in [2.05, 4.69) is 5.32 Å². The summed E-state index contributed by atoms with van der Waals surface area (Å²) >= 11 is 0. The summed E-state index contributed by atoms with van der Waals surface area (Å²) in [6.45, 7) is 2.37. The fraction of sp³-hybridized carbons (Fsp3) is 0.214. The van der Waals surface area contributed by atoms with Crippen LogP contribution < -0.4 is 5.32 Å². The number of anilines is 1. The minimum Gasteiger partial charge on any atom is -0.507 e. The van der Waals surface area contributed by atoms with Gasteiger partial charge in [-0.05, 0) is 19.1 Å². The fourth-order valence-electron chi connectivity index (χ4n) is 1.78. The number of nitrogens with one attached hydrogen (secondary N) is 1. The van der Waals surface area contributed by atoms with Gasteiger partial charge in [0.25, 0.3) is 0 Å². The first-order chi connectivity index (χ1) is 8.72. The average molecular weight is 245 g/mol. The van der Waals surface area contributed by atoms with Gasteiger partial charge in [-0.25, -0.2) is 0 Å². The minimum absolute atomic E-state index is 0.0334. The molecule has 0 unspecified atom stereocenters. The molecule has 0 aliphatic rings. The van der Waals surface area contributed by atoms with Crippen LogP contribution in [0.2, 0.25) is 0 Å². The Kier molecular flexibility index (Phi) is 3.79. The highest BCUT2D eigenvalue weighted by Gasteiger charge is 2.07. The quantitative estimate of drug-likeness (QED) is 0.870. The summed E-state index contributed by atoms with van der Waals surface area (Å²) in [6.07, 6.45) is 0. The molecule has 18 heavy (non-hydrogen) atoms. The van der Waals surface area contributed by atoms with E-state index in [1.807, 2.05) is 19.1 Å². The molecular weight excluding hydrogens is 230 g/mol. The van der Waals surface area contributed by atoms with E-state index >= 15 is 0 Å². The molecule has 2 N–H and O–H groups in total. The molecule has 2 rings (SSSR count). The van der Waals surface area contributed by atoms with Gasteiger partial charge in [0.1, 0.15) is 12.4 Å². The largest absolute Gasteiger partial charge is 0.507 e. The Hall–Kier alpha value is -2.07. The molecule has 94 valence electrons. The lowest BCUT2D eigenvalue weighted by atomic mass is 10.1. The van der Waals surface area contributed by atoms with Crippen molar-refractivity contribution < 1.29 is 14.6 Å². The van der Waals surface area contributed by atoms with Gasteiger partial charge in [0.15, 0.2) is 0 Å². The fourth-order valence-corrected chi connectivity index (χ4v) is 1.78. The first-order valence-corrected chi connectivity index (χ1v) is 5.80. The molecule has 2 aromatic rings. The van der Waals surface area contributed by atoms with Crippen molar-refractivity contribution in [3.8, 4) is 5.75 Å². The van der Waals surface area contributed by atoms with Crippen LogP contribution in [0.15, 0.2) is 36.4 Å². The first kappa shape index (κ1) is 12.4. The van der Waals surface area contributed by atoms with Crippen molar-refractivity contribution in [1.29, 1.82) is 0 Å². The van der Waals surface area contributed by atoms with Crippen LogP contribution in [0.4, 0.5) is 5.69 Å². The third kappa shape index (κ3) is 2.60. The van der Waals surface area contributed by atoms with Crippen molar-refractivity contribution in [2.45, 2.75) is 6.92 Å².